The summed E-state index contributed by atoms with van der Waals surface area (Å²) in [6.45, 7) is 21.3. The van der Waals surface area contributed by atoms with Crippen molar-refractivity contribution in [2.24, 2.45) is 0 Å². The van der Waals surface area contributed by atoms with Gasteiger partial charge in [0.1, 0.15) is 0 Å². The van der Waals surface area contributed by atoms with Gasteiger partial charge in [-0.05, 0) is 113 Å². The smallest absolute Gasteiger partial charge is 0.0339 e. The number of halogens is 8. The Balaban J connectivity index is -0.000000729. The molecule has 0 saturated carbocycles. The van der Waals surface area contributed by atoms with Crippen LogP contribution in [0.15, 0.2) is 72.8 Å². The van der Waals surface area contributed by atoms with Crippen LogP contribution in [0.5, 0.6) is 0 Å². The van der Waals surface area contributed by atoms with Crippen molar-refractivity contribution >= 4 is 136 Å². The zero-order valence-corrected chi connectivity index (χ0v) is 48.9. The van der Waals surface area contributed by atoms with E-state index in [1.54, 1.807) is 0 Å². The van der Waals surface area contributed by atoms with Gasteiger partial charge in [-0.3, -0.25) is 9.80 Å². The molecule has 3 aromatic rings. The Morgan fingerprint density at radius 3 is 0.983 bits per heavy atom. The highest BCUT2D eigenvalue weighted by Crippen LogP contribution is 2.33. The quantitative estimate of drug-likeness (QED) is 0.141. The predicted molar refractivity (Wildman–Crippen MR) is 301 cm³/mol. The van der Waals surface area contributed by atoms with Crippen LogP contribution in [0.1, 0.15) is 65.0 Å². The standard InChI is InChI=1S/C42H66N8.8BrH.2H2O/c1-36-6-12-39(13-7-36)42(40-14-8-37(9-15-40)34-49-30-4-22-45-26-24-43-18-2-20-47-28-32-49)41-16-10-38(11-17-41)35-50-31-5-23-46-27-25-44-19-3-21-48-29-33-50;;;;;;;;;;/h6-17,42-48H,2-5,18-35H2,1H3;8*1H;2*1H2. The van der Waals surface area contributed by atoms with Gasteiger partial charge in [-0.1, -0.05) is 78.4 Å². The average Bonchev–Trinajstić information content (AvgIpc) is 3.13. The fourth-order valence-electron chi connectivity index (χ4n) is 7.13. The first-order valence-corrected chi connectivity index (χ1v) is 19.7. The number of nitrogens with one attached hydrogen (secondary N) is 6. The number of hydrogen-bond acceptors (Lipinski definition) is 8. The normalized spacial score (nSPS) is 16.5. The molecule has 2 aliphatic rings. The van der Waals surface area contributed by atoms with Crippen LogP contribution in [-0.2, 0) is 13.1 Å². The lowest BCUT2D eigenvalue weighted by Gasteiger charge is -2.25. The number of aryl methyl sites for hydroxylation is 1. The lowest BCUT2D eigenvalue weighted by atomic mass is 9.84. The summed E-state index contributed by atoms with van der Waals surface area (Å²) in [7, 11) is 0. The second-order valence-corrected chi connectivity index (χ2v) is 14.3. The number of nitrogens with zero attached hydrogens (tertiary/aromatic N) is 2. The molecule has 0 aliphatic carbocycles. The molecule has 2 fully saturated rings. The molecule has 18 heteroatoms. The van der Waals surface area contributed by atoms with Crippen molar-refractivity contribution in [2.45, 2.75) is 51.6 Å². The van der Waals surface area contributed by atoms with Crippen molar-refractivity contribution in [3.05, 3.63) is 106 Å². The fraction of sp³-hybridized carbons (Fsp3) is 0.571. The Morgan fingerprint density at radius 2 is 0.650 bits per heavy atom. The summed E-state index contributed by atoms with van der Waals surface area (Å²) in [4.78, 5) is 5.24. The monoisotopic (exact) mass is 1360 g/mol. The molecule has 0 amide bonds. The van der Waals surface area contributed by atoms with Gasteiger partial charge < -0.3 is 42.9 Å². The minimum Gasteiger partial charge on any atom is -0.412 e. The fourth-order valence-corrected chi connectivity index (χ4v) is 7.13. The number of rotatable bonds is 7. The first kappa shape index (κ1) is 72.7. The van der Waals surface area contributed by atoms with E-state index in [2.05, 4.69) is 121 Å². The molecular weight excluding hydrogens is 1290 g/mol. The molecule has 0 spiro atoms. The lowest BCUT2D eigenvalue weighted by molar-refractivity contribution is 0.260. The predicted octanol–water partition coefficient (Wildman–Crippen LogP) is 6.88. The molecule has 0 bridgehead atoms. The molecule has 2 aliphatic heterocycles. The van der Waals surface area contributed by atoms with E-state index in [1.165, 1.54) is 59.1 Å². The maximum absolute atomic E-state index is 3.66. The molecule has 2 heterocycles. The van der Waals surface area contributed by atoms with Crippen molar-refractivity contribution in [1.82, 2.24) is 41.7 Å². The third-order valence-electron chi connectivity index (χ3n) is 10.1. The summed E-state index contributed by atoms with van der Waals surface area (Å²) < 4.78 is 0. The van der Waals surface area contributed by atoms with Crippen LogP contribution in [0.3, 0.4) is 0 Å². The van der Waals surface area contributed by atoms with Crippen LogP contribution in [0.25, 0.3) is 0 Å². The highest BCUT2D eigenvalue weighted by atomic mass is 79.9. The van der Waals surface area contributed by atoms with Crippen LogP contribution in [0.4, 0.5) is 0 Å². The van der Waals surface area contributed by atoms with E-state index in [1.807, 2.05) is 0 Å². The zero-order valence-electron chi connectivity index (χ0n) is 35.2. The van der Waals surface area contributed by atoms with Gasteiger partial charge in [0.15, 0.2) is 0 Å². The van der Waals surface area contributed by atoms with Gasteiger partial charge in [0.25, 0.3) is 0 Å². The van der Waals surface area contributed by atoms with Crippen LogP contribution in [0, 0.1) is 6.92 Å². The van der Waals surface area contributed by atoms with E-state index in [9.17, 15) is 0 Å². The second-order valence-electron chi connectivity index (χ2n) is 14.3. The van der Waals surface area contributed by atoms with E-state index >= 15 is 0 Å². The first-order valence-electron chi connectivity index (χ1n) is 19.7. The molecule has 3 aromatic carbocycles. The maximum atomic E-state index is 3.66. The Kier molecular flexibility index (Phi) is 54.8. The van der Waals surface area contributed by atoms with Gasteiger partial charge >= 0.3 is 0 Å². The van der Waals surface area contributed by atoms with Gasteiger partial charge in [-0.15, -0.1) is 136 Å². The number of benzene rings is 3. The number of hydrogen-bond donors (Lipinski definition) is 6. The zero-order chi connectivity index (χ0) is 34.5. The SMILES string of the molecule is Br.Br.Br.Br.Br.Br.Br.Br.Cc1ccc(C(c2ccc(CN3CCCNCCNCCCNCC3)cc2)c2ccc(CN3CCCNCCNCCCNCC3)cc2)cc1.O.O. The van der Waals surface area contributed by atoms with E-state index in [-0.39, 0.29) is 153 Å². The second kappa shape index (κ2) is 45.3. The third kappa shape index (κ3) is 28.9. The molecule has 60 heavy (non-hydrogen) atoms. The van der Waals surface area contributed by atoms with Crippen molar-refractivity contribution in [1.29, 1.82) is 0 Å². The first-order chi connectivity index (χ1) is 24.7. The van der Waals surface area contributed by atoms with Crippen molar-refractivity contribution in [3.8, 4) is 0 Å². The Bertz CT molecular complexity index is 1240. The van der Waals surface area contributed by atoms with E-state index in [0.29, 0.717) is 0 Å². The van der Waals surface area contributed by atoms with Crippen molar-refractivity contribution in [2.75, 3.05) is 105 Å². The highest BCUT2D eigenvalue weighted by Gasteiger charge is 2.18. The third-order valence-corrected chi connectivity index (χ3v) is 10.1. The maximum Gasteiger partial charge on any atom is 0.0339 e. The molecule has 10 nitrogen and oxygen atoms in total. The van der Waals surface area contributed by atoms with E-state index in [0.717, 1.165) is 118 Å². The summed E-state index contributed by atoms with van der Waals surface area (Å²) in [5.41, 5.74) is 8.15. The van der Waals surface area contributed by atoms with Gasteiger partial charge in [-0.25, -0.2) is 0 Å². The largest absolute Gasteiger partial charge is 0.412 e. The molecular formula is C42H78Br8N8O2. The summed E-state index contributed by atoms with van der Waals surface area (Å²) in [6, 6.07) is 28.1. The van der Waals surface area contributed by atoms with Gasteiger partial charge in [-0.2, -0.15) is 0 Å². The summed E-state index contributed by atoms with van der Waals surface area (Å²) in [6.07, 6.45) is 4.71. The Labute approximate surface area is 446 Å². The summed E-state index contributed by atoms with van der Waals surface area (Å²) >= 11 is 0. The van der Waals surface area contributed by atoms with Crippen LogP contribution >= 0.6 is 136 Å². The van der Waals surface area contributed by atoms with Crippen LogP contribution in [-0.4, -0.2) is 125 Å². The molecule has 2 saturated heterocycles. The lowest BCUT2D eigenvalue weighted by Crippen LogP contribution is -2.36. The van der Waals surface area contributed by atoms with Gasteiger partial charge in [0.05, 0.1) is 0 Å². The van der Waals surface area contributed by atoms with Gasteiger partial charge in [0, 0.05) is 71.4 Å². The van der Waals surface area contributed by atoms with Crippen LogP contribution in [0.2, 0.25) is 0 Å². The summed E-state index contributed by atoms with van der Waals surface area (Å²) in [5, 5.41) is 21.6. The van der Waals surface area contributed by atoms with Crippen molar-refractivity contribution < 1.29 is 11.0 Å². The highest BCUT2D eigenvalue weighted by molar-refractivity contribution is 8.93. The Hall–Kier alpha value is 1.10. The Morgan fingerprint density at radius 1 is 0.367 bits per heavy atom. The van der Waals surface area contributed by atoms with Crippen LogP contribution < -0.4 is 31.9 Å². The average molecular weight is 1370 g/mol. The van der Waals surface area contributed by atoms with Gasteiger partial charge in [0.2, 0.25) is 0 Å². The molecule has 0 unspecified atom stereocenters. The minimum absolute atomic E-state index is 0. The minimum atomic E-state index is 0. The molecule has 0 aromatic heterocycles. The molecule has 0 atom stereocenters. The topological polar surface area (TPSA) is 142 Å². The molecule has 10 N–H and O–H groups in total. The van der Waals surface area contributed by atoms with E-state index < -0.39 is 0 Å². The van der Waals surface area contributed by atoms with E-state index in [4.69, 9.17) is 0 Å². The van der Waals surface area contributed by atoms with Crippen molar-refractivity contribution in [3.63, 3.8) is 0 Å². The molecule has 354 valence electrons. The molecule has 0 radical (unpaired) electrons. The summed E-state index contributed by atoms with van der Waals surface area (Å²) in [5.74, 6) is 0.206. The molecule has 5 rings (SSSR count).